The molecule has 0 saturated heterocycles. The summed E-state index contributed by atoms with van der Waals surface area (Å²) in [5.41, 5.74) is 5.44. The topological polar surface area (TPSA) is 67.2 Å². The molecule has 0 aliphatic rings. The van der Waals surface area contributed by atoms with Crippen LogP contribution in [0.1, 0.15) is 71.1 Å². The van der Waals surface area contributed by atoms with Gasteiger partial charge in [0.1, 0.15) is 0 Å². The van der Waals surface area contributed by atoms with Gasteiger partial charge in [-0.05, 0) is 77.4 Å². The van der Waals surface area contributed by atoms with Gasteiger partial charge in [0.05, 0.1) is 0 Å². The summed E-state index contributed by atoms with van der Waals surface area (Å²) < 4.78 is 0. The first-order valence-corrected chi connectivity index (χ1v) is 12.4. The maximum absolute atomic E-state index is 11.7. The first kappa shape index (κ1) is 29.8. The minimum absolute atomic E-state index is 0.131. The largest absolute Gasteiger partial charge is 0.356 e. The Bertz CT molecular complexity index is 585. The molecule has 32 heavy (non-hydrogen) atoms. The van der Waals surface area contributed by atoms with E-state index in [1.54, 1.807) is 0 Å². The molecule has 0 heterocycles. The summed E-state index contributed by atoms with van der Waals surface area (Å²) in [6, 6.07) is 0. The van der Waals surface area contributed by atoms with Crippen LogP contribution in [-0.4, -0.2) is 32.1 Å². The Morgan fingerprint density at radius 3 is 1.62 bits per heavy atom. The van der Waals surface area contributed by atoms with Gasteiger partial charge in [-0.25, -0.2) is 0 Å². The van der Waals surface area contributed by atoms with Crippen molar-refractivity contribution in [1.82, 2.24) is 10.6 Å². The summed E-state index contributed by atoms with van der Waals surface area (Å²) in [5, 5.41) is 6.27. The Morgan fingerprint density at radius 1 is 0.656 bits per heavy atom. The molecule has 0 unspecified atom stereocenters. The van der Waals surface area contributed by atoms with Crippen molar-refractivity contribution < 1.29 is 4.79 Å². The van der Waals surface area contributed by atoms with Crippen molar-refractivity contribution in [3.63, 3.8) is 0 Å². The Kier molecular flexibility index (Phi) is 25.0. The molecule has 4 heteroatoms. The van der Waals surface area contributed by atoms with E-state index in [0.29, 0.717) is 6.42 Å². The van der Waals surface area contributed by atoms with E-state index in [1.807, 2.05) is 0 Å². The van der Waals surface area contributed by atoms with Crippen molar-refractivity contribution in [1.29, 1.82) is 0 Å². The second-order valence-corrected chi connectivity index (χ2v) is 7.55. The summed E-state index contributed by atoms with van der Waals surface area (Å²) in [5.74, 6) is 0.131. The molecule has 0 aliphatic carbocycles. The van der Waals surface area contributed by atoms with Crippen molar-refractivity contribution in [3.05, 3.63) is 72.9 Å². The van der Waals surface area contributed by atoms with Gasteiger partial charge in [0.25, 0.3) is 0 Å². The van der Waals surface area contributed by atoms with Gasteiger partial charge in [0, 0.05) is 13.0 Å². The molecular weight excluding hydrogens is 394 g/mol. The number of allylic oxidation sites excluding steroid dienone is 12. The molecule has 0 saturated carbocycles. The summed E-state index contributed by atoms with van der Waals surface area (Å²) in [7, 11) is 0. The van der Waals surface area contributed by atoms with E-state index in [2.05, 4.69) is 90.5 Å². The van der Waals surface area contributed by atoms with E-state index < -0.39 is 0 Å². The van der Waals surface area contributed by atoms with Crippen LogP contribution in [0, 0.1) is 0 Å². The van der Waals surface area contributed by atoms with Gasteiger partial charge in [-0.3, -0.25) is 4.79 Å². The third kappa shape index (κ3) is 25.9. The molecule has 4 N–H and O–H groups in total. The van der Waals surface area contributed by atoms with Crippen molar-refractivity contribution >= 4 is 5.91 Å². The Morgan fingerprint density at radius 2 is 1.12 bits per heavy atom. The number of hydrogen-bond acceptors (Lipinski definition) is 3. The average molecular weight is 442 g/mol. The highest BCUT2D eigenvalue weighted by Crippen LogP contribution is 1.97. The first-order valence-electron chi connectivity index (χ1n) is 12.4. The van der Waals surface area contributed by atoms with Crippen LogP contribution in [0.4, 0.5) is 0 Å². The van der Waals surface area contributed by atoms with E-state index in [-0.39, 0.29) is 5.91 Å². The molecule has 0 aliphatic heterocycles. The van der Waals surface area contributed by atoms with E-state index in [1.165, 1.54) is 0 Å². The lowest BCUT2D eigenvalue weighted by atomic mass is 10.2. The molecule has 0 atom stereocenters. The fourth-order valence-corrected chi connectivity index (χ4v) is 2.74. The summed E-state index contributed by atoms with van der Waals surface area (Å²) in [4.78, 5) is 11.7. The second-order valence-electron chi connectivity index (χ2n) is 7.55. The molecule has 0 fully saturated rings. The van der Waals surface area contributed by atoms with Crippen molar-refractivity contribution in [3.8, 4) is 0 Å². The predicted molar refractivity (Wildman–Crippen MR) is 142 cm³/mol. The zero-order valence-electron chi connectivity index (χ0n) is 20.3. The maximum atomic E-state index is 11.7. The van der Waals surface area contributed by atoms with Crippen LogP contribution in [0.2, 0.25) is 0 Å². The lowest BCUT2D eigenvalue weighted by molar-refractivity contribution is -0.121. The minimum atomic E-state index is 0.131. The standard InChI is InChI=1S/C28H47N3O/c1-2-3-4-5-6-7-8-9-10-11-12-13-14-15-16-17-18-19-20-23-28(32)31-27-22-26-30-25-21-24-29/h3-4,6-7,9-10,12-13,15-16,18-19,30H,2,5,8,11,14,17,20-27,29H2,1H3,(H,31,32)/b4-3-,7-6-,10-9-,13-12-,16-15-,19-18-. The number of carbonyl (C=O) groups excluding carboxylic acids is 1. The maximum Gasteiger partial charge on any atom is 0.220 e. The molecule has 0 aromatic heterocycles. The third-order valence-corrected chi connectivity index (χ3v) is 4.54. The minimum Gasteiger partial charge on any atom is -0.356 e. The van der Waals surface area contributed by atoms with Crippen LogP contribution in [0.5, 0.6) is 0 Å². The molecule has 4 nitrogen and oxygen atoms in total. The van der Waals surface area contributed by atoms with Gasteiger partial charge in [-0.15, -0.1) is 0 Å². The number of carbonyl (C=O) groups is 1. The number of amides is 1. The Balaban J connectivity index is 3.51. The Hall–Kier alpha value is -2.17. The lowest BCUT2D eigenvalue weighted by Crippen LogP contribution is -2.27. The van der Waals surface area contributed by atoms with Gasteiger partial charge >= 0.3 is 0 Å². The second kappa shape index (κ2) is 26.9. The molecule has 0 bridgehead atoms. The fraction of sp³-hybridized carbons (Fsp3) is 0.536. The van der Waals surface area contributed by atoms with Crippen LogP contribution < -0.4 is 16.4 Å². The average Bonchev–Trinajstić information content (AvgIpc) is 2.80. The molecule has 0 radical (unpaired) electrons. The normalized spacial score (nSPS) is 12.7. The van der Waals surface area contributed by atoms with E-state index in [0.717, 1.165) is 84.0 Å². The SMILES string of the molecule is CC/C=C\C/C=C\C/C=C\C/C=C\C/C=C\C/C=C\CCC(=O)NCCCNCCCN. The molecule has 0 spiro atoms. The molecule has 0 aromatic rings. The number of nitrogens with one attached hydrogen (secondary N) is 2. The third-order valence-electron chi connectivity index (χ3n) is 4.54. The summed E-state index contributed by atoms with van der Waals surface area (Å²) in [6.07, 6.45) is 35.6. The molecule has 1 amide bonds. The van der Waals surface area contributed by atoms with Crippen molar-refractivity contribution in [2.75, 3.05) is 26.2 Å². The van der Waals surface area contributed by atoms with Crippen LogP contribution >= 0.6 is 0 Å². The smallest absolute Gasteiger partial charge is 0.220 e. The van der Waals surface area contributed by atoms with Gasteiger partial charge in [0.2, 0.25) is 5.91 Å². The van der Waals surface area contributed by atoms with Crippen molar-refractivity contribution in [2.24, 2.45) is 5.73 Å². The Labute approximate surface area is 197 Å². The highest BCUT2D eigenvalue weighted by molar-refractivity contribution is 5.75. The fourth-order valence-electron chi connectivity index (χ4n) is 2.74. The predicted octanol–water partition coefficient (Wildman–Crippen LogP) is 5.91. The summed E-state index contributed by atoms with van der Waals surface area (Å²) >= 11 is 0. The molecule has 180 valence electrons. The lowest BCUT2D eigenvalue weighted by Gasteiger charge is -2.05. The molecular formula is C28H47N3O. The zero-order chi connectivity index (χ0) is 23.4. The van der Waals surface area contributed by atoms with Crippen LogP contribution in [0.15, 0.2) is 72.9 Å². The molecule has 0 rings (SSSR count). The highest BCUT2D eigenvalue weighted by Gasteiger charge is 1.97. The quantitative estimate of drug-likeness (QED) is 0.153. The number of hydrogen-bond donors (Lipinski definition) is 3. The van der Waals surface area contributed by atoms with Crippen LogP contribution in [0.3, 0.4) is 0 Å². The van der Waals surface area contributed by atoms with Gasteiger partial charge in [0.15, 0.2) is 0 Å². The van der Waals surface area contributed by atoms with Gasteiger partial charge < -0.3 is 16.4 Å². The van der Waals surface area contributed by atoms with Crippen LogP contribution in [0.25, 0.3) is 0 Å². The number of nitrogens with two attached hydrogens (primary N) is 1. The highest BCUT2D eigenvalue weighted by atomic mass is 16.1. The number of rotatable bonds is 21. The first-order chi connectivity index (χ1) is 15.8. The molecule has 0 aromatic carbocycles. The monoisotopic (exact) mass is 441 g/mol. The van der Waals surface area contributed by atoms with Gasteiger partial charge in [-0.2, -0.15) is 0 Å². The van der Waals surface area contributed by atoms with E-state index in [4.69, 9.17) is 5.73 Å². The van der Waals surface area contributed by atoms with E-state index in [9.17, 15) is 4.79 Å². The van der Waals surface area contributed by atoms with Crippen LogP contribution in [-0.2, 0) is 4.79 Å². The van der Waals surface area contributed by atoms with E-state index >= 15 is 0 Å². The van der Waals surface area contributed by atoms with Crippen molar-refractivity contribution in [2.45, 2.75) is 71.1 Å². The zero-order valence-corrected chi connectivity index (χ0v) is 20.3. The summed E-state index contributed by atoms with van der Waals surface area (Å²) in [6.45, 7) is 5.49. The van der Waals surface area contributed by atoms with Gasteiger partial charge in [-0.1, -0.05) is 79.8 Å².